The van der Waals surface area contributed by atoms with Gasteiger partial charge in [0.15, 0.2) is 0 Å². The number of rotatable bonds is 7. The van der Waals surface area contributed by atoms with Crippen LogP contribution >= 0.6 is 11.6 Å². The van der Waals surface area contributed by atoms with Gasteiger partial charge in [-0.05, 0) is 25.0 Å². The molecule has 1 aromatic carbocycles. The predicted octanol–water partition coefficient (Wildman–Crippen LogP) is 3.96. The lowest BCUT2D eigenvalue weighted by Crippen LogP contribution is -2.08. The first-order chi connectivity index (χ1) is 8.86. The smallest absolute Gasteiger partial charge is 0.113 e. The minimum Gasteiger partial charge on any atom is -0.238 e. The van der Waals surface area contributed by atoms with Crippen LogP contribution in [-0.4, -0.2) is 20.9 Å². The fraction of sp³-hybridized carbons (Fsp3) is 0.429. The van der Waals surface area contributed by atoms with Crippen LogP contribution in [0, 0.1) is 0 Å². The number of para-hydroxylation sites is 1. The van der Waals surface area contributed by atoms with E-state index < -0.39 is 0 Å². The van der Waals surface area contributed by atoms with Gasteiger partial charge in [0.2, 0.25) is 0 Å². The minimum atomic E-state index is 0.215. The molecule has 2 rings (SSSR count). The molecule has 0 saturated carbocycles. The van der Waals surface area contributed by atoms with Crippen LogP contribution in [0.4, 0.5) is 0 Å². The zero-order valence-electron chi connectivity index (χ0n) is 10.4. The third-order valence-corrected chi connectivity index (χ3v) is 3.36. The van der Waals surface area contributed by atoms with Crippen molar-refractivity contribution < 1.29 is 0 Å². The quantitative estimate of drug-likeness (QED) is 0.430. The lowest BCUT2D eigenvalue weighted by atomic mass is 10.1. The van der Waals surface area contributed by atoms with Crippen molar-refractivity contribution in [3.63, 3.8) is 0 Å². The highest BCUT2D eigenvalue weighted by atomic mass is 35.5. The highest BCUT2D eigenvalue weighted by molar-refractivity contribution is 6.17. The number of nitrogens with zero attached hydrogens (tertiary/aromatic N) is 3. The third kappa shape index (κ3) is 2.91. The van der Waals surface area contributed by atoms with E-state index in [-0.39, 0.29) is 6.04 Å². The summed E-state index contributed by atoms with van der Waals surface area (Å²) in [6.07, 6.45) is 6.34. The standard InChI is InChI=1S/C14H18ClN3/c1-2-12(8-4-3-7-11-15)18-14-10-6-5-9-13(14)16-17-18/h2,5-6,9-10,12H,1,3-4,7-8,11H2. The summed E-state index contributed by atoms with van der Waals surface area (Å²) in [6.45, 7) is 3.91. The molecule has 0 radical (unpaired) electrons. The van der Waals surface area contributed by atoms with E-state index >= 15 is 0 Å². The average Bonchev–Trinajstić information content (AvgIpc) is 2.83. The van der Waals surface area contributed by atoms with Gasteiger partial charge in [-0.1, -0.05) is 36.3 Å². The van der Waals surface area contributed by atoms with Crippen LogP contribution in [0.15, 0.2) is 36.9 Å². The molecular weight excluding hydrogens is 246 g/mol. The highest BCUT2D eigenvalue weighted by Crippen LogP contribution is 2.21. The van der Waals surface area contributed by atoms with Crippen LogP contribution in [0.25, 0.3) is 11.0 Å². The summed E-state index contributed by atoms with van der Waals surface area (Å²) in [7, 11) is 0. The van der Waals surface area contributed by atoms with Gasteiger partial charge in [-0.25, -0.2) is 4.68 Å². The second-order valence-electron chi connectivity index (χ2n) is 4.36. The van der Waals surface area contributed by atoms with Gasteiger partial charge >= 0.3 is 0 Å². The Labute approximate surface area is 112 Å². The zero-order chi connectivity index (χ0) is 12.8. The van der Waals surface area contributed by atoms with E-state index in [1.807, 2.05) is 35.0 Å². The summed E-state index contributed by atoms with van der Waals surface area (Å²) in [5.74, 6) is 0.741. The Morgan fingerprint density at radius 1 is 1.28 bits per heavy atom. The molecule has 4 heteroatoms. The van der Waals surface area contributed by atoms with Gasteiger partial charge in [0.25, 0.3) is 0 Å². The van der Waals surface area contributed by atoms with E-state index in [4.69, 9.17) is 11.6 Å². The summed E-state index contributed by atoms with van der Waals surface area (Å²) in [5, 5.41) is 8.41. The van der Waals surface area contributed by atoms with Gasteiger partial charge in [-0.2, -0.15) is 0 Å². The van der Waals surface area contributed by atoms with E-state index in [9.17, 15) is 0 Å². The Morgan fingerprint density at radius 3 is 2.89 bits per heavy atom. The summed E-state index contributed by atoms with van der Waals surface area (Å²) < 4.78 is 1.96. The maximum Gasteiger partial charge on any atom is 0.113 e. The number of aromatic nitrogens is 3. The Kier molecular flexibility index (Phi) is 4.76. The third-order valence-electron chi connectivity index (χ3n) is 3.10. The number of hydrogen-bond donors (Lipinski definition) is 0. The number of fused-ring (bicyclic) bond motifs is 1. The van der Waals surface area contributed by atoms with Crippen molar-refractivity contribution in [3.05, 3.63) is 36.9 Å². The van der Waals surface area contributed by atoms with Crippen molar-refractivity contribution in [2.45, 2.75) is 31.7 Å². The first kappa shape index (κ1) is 13.1. The molecule has 1 atom stereocenters. The Balaban J connectivity index is 2.09. The molecule has 1 heterocycles. The zero-order valence-corrected chi connectivity index (χ0v) is 11.2. The van der Waals surface area contributed by atoms with Crippen molar-refractivity contribution in [1.29, 1.82) is 0 Å². The molecular formula is C14H18ClN3. The van der Waals surface area contributed by atoms with Crippen molar-refractivity contribution in [1.82, 2.24) is 15.0 Å². The van der Waals surface area contributed by atoms with Crippen molar-refractivity contribution in [3.8, 4) is 0 Å². The molecule has 0 aliphatic carbocycles. The van der Waals surface area contributed by atoms with Crippen molar-refractivity contribution in [2.75, 3.05) is 5.88 Å². The lowest BCUT2D eigenvalue weighted by molar-refractivity contribution is 0.478. The van der Waals surface area contributed by atoms with E-state index in [1.165, 1.54) is 0 Å². The van der Waals surface area contributed by atoms with Crippen LogP contribution in [-0.2, 0) is 0 Å². The molecule has 2 aromatic rings. The maximum atomic E-state index is 5.68. The van der Waals surface area contributed by atoms with Gasteiger partial charge in [0.05, 0.1) is 11.6 Å². The Bertz CT molecular complexity index is 506. The molecule has 0 fully saturated rings. The second kappa shape index (κ2) is 6.55. The van der Waals surface area contributed by atoms with Crippen LogP contribution in [0.5, 0.6) is 0 Å². The number of unbranched alkanes of at least 4 members (excludes halogenated alkanes) is 2. The molecule has 0 aliphatic rings. The van der Waals surface area contributed by atoms with Gasteiger partial charge in [-0.15, -0.1) is 23.3 Å². The number of hydrogen-bond acceptors (Lipinski definition) is 2. The van der Waals surface area contributed by atoms with Crippen molar-refractivity contribution >= 4 is 22.6 Å². The molecule has 0 amide bonds. The Hall–Kier alpha value is -1.35. The first-order valence-corrected chi connectivity index (χ1v) is 6.88. The van der Waals surface area contributed by atoms with E-state index in [0.29, 0.717) is 0 Å². The summed E-state index contributed by atoms with van der Waals surface area (Å²) in [4.78, 5) is 0. The van der Waals surface area contributed by atoms with Gasteiger partial charge in [-0.3, -0.25) is 0 Å². The first-order valence-electron chi connectivity index (χ1n) is 6.35. The van der Waals surface area contributed by atoms with Crippen LogP contribution in [0.1, 0.15) is 31.7 Å². The van der Waals surface area contributed by atoms with Gasteiger partial charge in [0.1, 0.15) is 5.52 Å². The van der Waals surface area contributed by atoms with Crippen LogP contribution in [0.2, 0.25) is 0 Å². The summed E-state index contributed by atoms with van der Waals surface area (Å²) >= 11 is 5.68. The number of alkyl halides is 1. The summed E-state index contributed by atoms with van der Waals surface area (Å²) in [5.41, 5.74) is 2.00. The average molecular weight is 264 g/mol. The van der Waals surface area contributed by atoms with Gasteiger partial charge in [0, 0.05) is 5.88 Å². The molecule has 0 bridgehead atoms. The minimum absolute atomic E-state index is 0.215. The number of allylic oxidation sites excluding steroid dienone is 1. The van der Waals surface area contributed by atoms with Crippen LogP contribution < -0.4 is 0 Å². The van der Waals surface area contributed by atoms with Gasteiger partial charge < -0.3 is 0 Å². The highest BCUT2D eigenvalue weighted by Gasteiger charge is 2.11. The molecule has 1 aromatic heterocycles. The second-order valence-corrected chi connectivity index (χ2v) is 4.74. The SMILES string of the molecule is C=CC(CCCCCCl)n1nnc2ccccc21. The molecule has 96 valence electrons. The largest absolute Gasteiger partial charge is 0.238 e. The van der Waals surface area contributed by atoms with E-state index in [2.05, 4.69) is 16.9 Å². The van der Waals surface area contributed by atoms with E-state index in [1.54, 1.807) is 0 Å². The Morgan fingerprint density at radius 2 is 2.11 bits per heavy atom. The number of halogens is 1. The molecule has 0 aliphatic heterocycles. The molecule has 0 spiro atoms. The molecule has 0 saturated heterocycles. The number of benzene rings is 1. The topological polar surface area (TPSA) is 30.7 Å². The van der Waals surface area contributed by atoms with E-state index in [0.717, 1.165) is 42.6 Å². The molecule has 1 unspecified atom stereocenters. The normalized spacial score (nSPS) is 12.7. The molecule has 18 heavy (non-hydrogen) atoms. The maximum absolute atomic E-state index is 5.68. The fourth-order valence-corrected chi connectivity index (χ4v) is 2.29. The summed E-state index contributed by atoms with van der Waals surface area (Å²) in [6, 6.07) is 8.23. The predicted molar refractivity (Wildman–Crippen MR) is 76.0 cm³/mol. The van der Waals surface area contributed by atoms with Crippen LogP contribution in [0.3, 0.4) is 0 Å². The van der Waals surface area contributed by atoms with Crippen molar-refractivity contribution in [2.24, 2.45) is 0 Å². The fourth-order valence-electron chi connectivity index (χ4n) is 2.10. The monoisotopic (exact) mass is 263 g/mol. The molecule has 3 nitrogen and oxygen atoms in total. The molecule has 0 N–H and O–H groups in total. The lowest BCUT2D eigenvalue weighted by Gasteiger charge is -2.13.